The fourth-order valence-corrected chi connectivity index (χ4v) is 1.24. The number of rotatable bonds is 5. The first-order valence-corrected chi connectivity index (χ1v) is 4.96. The van der Waals surface area contributed by atoms with E-state index < -0.39 is 0 Å². The first-order chi connectivity index (χ1) is 7.19. The van der Waals surface area contributed by atoms with Crippen LogP contribution in [0.15, 0.2) is 18.2 Å². The van der Waals surface area contributed by atoms with Gasteiger partial charge in [0.15, 0.2) is 6.29 Å². The molecule has 0 bridgehead atoms. The molecule has 0 aliphatic rings. The summed E-state index contributed by atoms with van der Waals surface area (Å²) in [5, 5.41) is 0.396. The van der Waals surface area contributed by atoms with Gasteiger partial charge >= 0.3 is 0 Å². The SMILES string of the molecule is COC(C)COc1cccc(Cl)c1C=O. The van der Waals surface area contributed by atoms with Crippen molar-refractivity contribution in [2.24, 2.45) is 0 Å². The van der Waals surface area contributed by atoms with Gasteiger partial charge in [0.1, 0.15) is 12.4 Å². The zero-order valence-electron chi connectivity index (χ0n) is 8.70. The minimum absolute atomic E-state index is 0.0246. The van der Waals surface area contributed by atoms with Crippen molar-refractivity contribution >= 4 is 17.9 Å². The zero-order valence-corrected chi connectivity index (χ0v) is 9.45. The molecule has 0 saturated carbocycles. The van der Waals surface area contributed by atoms with Crippen molar-refractivity contribution in [1.82, 2.24) is 0 Å². The highest BCUT2D eigenvalue weighted by molar-refractivity contribution is 6.33. The van der Waals surface area contributed by atoms with Crippen LogP contribution in [-0.4, -0.2) is 26.1 Å². The van der Waals surface area contributed by atoms with Crippen molar-refractivity contribution in [1.29, 1.82) is 0 Å². The van der Waals surface area contributed by atoms with E-state index in [0.29, 0.717) is 29.2 Å². The second-order valence-electron chi connectivity index (χ2n) is 3.13. The highest BCUT2D eigenvalue weighted by Gasteiger charge is 2.08. The summed E-state index contributed by atoms with van der Waals surface area (Å²) in [6.07, 6.45) is 0.665. The van der Waals surface area contributed by atoms with Gasteiger partial charge in [-0.3, -0.25) is 4.79 Å². The maximum atomic E-state index is 10.8. The lowest BCUT2D eigenvalue weighted by atomic mass is 10.2. The molecule has 0 radical (unpaired) electrons. The first-order valence-electron chi connectivity index (χ1n) is 4.58. The molecule has 0 amide bonds. The third-order valence-corrected chi connectivity index (χ3v) is 2.34. The molecule has 0 fully saturated rings. The number of carbonyl (C=O) groups is 1. The van der Waals surface area contributed by atoms with Crippen LogP contribution in [0.25, 0.3) is 0 Å². The molecule has 1 aromatic carbocycles. The molecule has 0 N–H and O–H groups in total. The Labute approximate surface area is 93.9 Å². The monoisotopic (exact) mass is 228 g/mol. The summed E-state index contributed by atoms with van der Waals surface area (Å²) in [6, 6.07) is 5.10. The molecule has 1 rings (SSSR count). The molecule has 4 heteroatoms. The van der Waals surface area contributed by atoms with E-state index in [9.17, 15) is 4.79 Å². The zero-order chi connectivity index (χ0) is 11.3. The molecular formula is C11H13ClO3. The number of aldehydes is 1. The number of halogens is 1. The van der Waals surface area contributed by atoms with Crippen molar-refractivity contribution in [2.45, 2.75) is 13.0 Å². The quantitative estimate of drug-likeness (QED) is 0.727. The van der Waals surface area contributed by atoms with Gasteiger partial charge in [0, 0.05) is 7.11 Å². The predicted octanol–water partition coefficient (Wildman–Crippen LogP) is 2.57. The van der Waals surface area contributed by atoms with E-state index in [2.05, 4.69) is 0 Å². The summed E-state index contributed by atoms with van der Waals surface area (Å²) in [6.45, 7) is 2.27. The van der Waals surface area contributed by atoms with E-state index in [-0.39, 0.29) is 6.10 Å². The summed E-state index contributed by atoms with van der Waals surface area (Å²) in [7, 11) is 1.60. The lowest BCUT2D eigenvalue weighted by Gasteiger charge is -2.13. The average Bonchev–Trinajstić information content (AvgIpc) is 2.25. The van der Waals surface area contributed by atoms with Gasteiger partial charge in [-0.15, -0.1) is 0 Å². The Morgan fingerprint density at radius 2 is 2.27 bits per heavy atom. The minimum atomic E-state index is -0.0246. The van der Waals surface area contributed by atoms with Crippen LogP contribution in [0.5, 0.6) is 5.75 Å². The van der Waals surface area contributed by atoms with E-state index >= 15 is 0 Å². The second-order valence-corrected chi connectivity index (χ2v) is 3.53. The first kappa shape index (κ1) is 12.0. The number of hydrogen-bond acceptors (Lipinski definition) is 3. The minimum Gasteiger partial charge on any atom is -0.490 e. The van der Waals surface area contributed by atoms with Gasteiger partial charge in [0.2, 0.25) is 0 Å². The van der Waals surface area contributed by atoms with Crippen LogP contribution in [0.3, 0.4) is 0 Å². The third kappa shape index (κ3) is 3.22. The molecule has 0 saturated heterocycles. The molecule has 0 aliphatic carbocycles. The molecule has 1 aromatic rings. The van der Waals surface area contributed by atoms with Crippen molar-refractivity contribution in [3.8, 4) is 5.75 Å². The van der Waals surface area contributed by atoms with Crippen LogP contribution >= 0.6 is 11.6 Å². The Morgan fingerprint density at radius 3 is 2.87 bits per heavy atom. The highest BCUT2D eigenvalue weighted by Crippen LogP contribution is 2.24. The summed E-state index contributed by atoms with van der Waals surface area (Å²) in [4.78, 5) is 10.8. The van der Waals surface area contributed by atoms with Gasteiger partial charge in [-0.2, -0.15) is 0 Å². The van der Waals surface area contributed by atoms with Crippen LogP contribution in [0.1, 0.15) is 17.3 Å². The van der Waals surface area contributed by atoms with Gasteiger partial charge in [0.05, 0.1) is 16.7 Å². The lowest BCUT2D eigenvalue weighted by Crippen LogP contribution is -2.16. The molecule has 1 atom stereocenters. The molecule has 0 aromatic heterocycles. The van der Waals surface area contributed by atoms with Crippen LogP contribution in [0.2, 0.25) is 5.02 Å². The molecule has 1 unspecified atom stereocenters. The van der Waals surface area contributed by atoms with Crippen LogP contribution in [0.4, 0.5) is 0 Å². The van der Waals surface area contributed by atoms with Gasteiger partial charge in [0.25, 0.3) is 0 Å². The summed E-state index contributed by atoms with van der Waals surface area (Å²) in [5.41, 5.74) is 0.377. The normalized spacial score (nSPS) is 12.2. The van der Waals surface area contributed by atoms with E-state index in [1.54, 1.807) is 25.3 Å². The lowest BCUT2D eigenvalue weighted by molar-refractivity contribution is 0.0711. The molecule has 0 spiro atoms. The highest BCUT2D eigenvalue weighted by atomic mass is 35.5. The summed E-state index contributed by atoms with van der Waals surface area (Å²) < 4.78 is 10.5. The Hall–Kier alpha value is -1.06. The van der Waals surface area contributed by atoms with Gasteiger partial charge in [-0.05, 0) is 19.1 Å². The maximum Gasteiger partial charge on any atom is 0.155 e. The summed E-state index contributed by atoms with van der Waals surface area (Å²) >= 11 is 5.84. The van der Waals surface area contributed by atoms with Crippen molar-refractivity contribution < 1.29 is 14.3 Å². The van der Waals surface area contributed by atoms with Gasteiger partial charge in [-0.25, -0.2) is 0 Å². The van der Waals surface area contributed by atoms with E-state index in [4.69, 9.17) is 21.1 Å². The molecule has 82 valence electrons. The number of hydrogen-bond donors (Lipinski definition) is 0. The third-order valence-electron chi connectivity index (χ3n) is 2.01. The maximum absolute atomic E-state index is 10.8. The van der Waals surface area contributed by atoms with E-state index in [1.807, 2.05) is 6.92 Å². The predicted molar refractivity (Wildman–Crippen MR) is 58.8 cm³/mol. The Bertz CT molecular complexity index is 339. The Kier molecular flexibility index (Phi) is 4.59. The fourth-order valence-electron chi connectivity index (χ4n) is 1.03. The smallest absolute Gasteiger partial charge is 0.155 e. The van der Waals surface area contributed by atoms with Crippen molar-refractivity contribution in [3.05, 3.63) is 28.8 Å². The molecule has 15 heavy (non-hydrogen) atoms. The average molecular weight is 229 g/mol. The standard InChI is InChI=1S/C11H13ClO3/c1-8(14-2)7-15-11-5-3-4-10(12)9(11)6-13/h3-6,8H,7H2,1-2H3. The second kappa shape index (κ2) is 5.73. The van der Waals surface area contributed by atoms with E-state index in [1.165, 1.54) is 0 Å². The van der Waals surface area contributed by atoms with E-state index in [0.717, 1.165) is 0 Å². The van der Waals surface area contributed by atoms with Gasteiger partial charge in [-0.1, -0.05) is 17.7 Å². The van der Waals surface area contributed by atoms with Crippen molar-refractivity contribution in [2.75, 3.05) is 13.7 Å². The number of methoxy groups -OCH3 is 1. The number of ether oxygens (including phenoxy) is 2. The largest absolute Gasteiger partial charge is 0.490 e. The number of benzene rings is 1. The molecule has 0 aliphatic heterocycles. The Balaban J connectivity index is 2.76. The topological polar surface area (TPSA) is 35.5 Å². The Morgan fingerprint density at radius 1 is 1.53 bits per heavy atom. The van der Waals surface area contributed by atoms with Crippen LogP contribution in [0, 0.1) is 0 Å². The van der Waals surface area contributed by atoms with Crippen molar-refractivity contribution in [3.63, 3.8) is 0 Å². The van der Waals surface area contributed by atoms with Crippen LogP contribution < -0.4 is 4.74 Å². The summed E-state index contributed by atoms with van der Waals surface area (Å²) in [5.74, 6) is 0.487. The molecule has 0 heterocycles. The molecule has 3 nitrogen and oxygen atoms in total. The van der Waals surface area contributed by atoms with Gasteiger partial charge < -0.3 is 9.47 Å². The van der Waals surface area contributed by atoms with Crippen LogP contribution in [-0.2, 0) is 4.74 Å². The molecular weight excluding hydrogens is 216 g/mol. The number of carbonyl (C=O) groups excluding carboxylic acids is 1. The fraction of sp³-hybridized carbons (Fsp3) is 0.364.